The highest BCUT2D eigenvalue weighted by molar-refractivity contribution is 5.87. The first-order valence-electron chi connectivity index (χ1n) is 9.42. The summed E-state index contributed by atoms with van der Waals surface area (Å²) in [7, 11) is 0. The number of benzene rings is 2. The molecule has 1 atom stereocenters. The van der Waals surface area contributed by atoms with E-state index in [0.717, 1.165) is 47.3 Å². The van der Waals surface area contributed by atoms with E-state index >= 15 is 0 Å². The Bertz CT molecular complexity index is 1140. The van der Waals surface area contributed by atoms with Crippen LogP contribution in [0.15, 0.2) is 52.9 Å². The van der Waals surface area contributed by atoms with E-state index in [1.165, 1.54) is 18.6 Å². The fourth-order valence-electron chi connectivity index (χ4n) is 3.90. The lowest BCUT2D eigenvalue weighted by Crippen LogP contribution is -2.38. The third-order valence-corrected chi connectivity index (χ3v) is 5.34. The van der Waals surface area contributed by atoms with Crippen molar-refractivity contribution >= 4 is 27.8 Å². The van der Waals surface area contributed by atoms with Crippen molar-refractivity contribution in [1.29, 1.82) is 0 Å². The molecule has 2 aromatic carbocycles. The molecular formula is C22H20FN3O. The maximum absolute atomic E-state index is 13.6. The van der Waals surface area contributed by atoms with Crippen LogP contribution in [0.1, 0.15) is 26.2 Å². The van der Waals surface area contributed by atoms with Gasteiger partial charge in [0.2, 0.25) is 0 Å². The fraction of sp³-hybridized carbons (Fsp3) is 0.273. The highest BCUT2D eigenvalue weighted by atomic mass is 19.1. The summed E-state index contributed by atoms with van der Waals surface area (Å²) in [6, 6.07) is 14.7. The second kappa shape index (κ2) is 6.34. The third kappa shape index (κ3) is 2.83. The van der Waals surface area contributed by atoms with Gasteiger partial charge in [0.25, 0.3) is 0 Å². The Morgan fingerprint density at radius 2 is 1.85 bits per heavy atom. The van der Waals surface area contributed by atoms with E-state index in [9.17, 15) is 4.39 Å². The molecule has 27 heavy (non-hydrogen) atoms. The predicted octanol–water partition coefficient (Wildman–Crippen LogP) is 5.56. The Morgan fingerprint density at radius 1 is 1.04 bits per heavy atom. The SMILES string of the molecule is CC1CCCCN1c1nc2ccccc2nc1-c1cc2cc(F)ccc2o1. The highest BCUT2D eigenvalue weighted by Gasteiger charge is 2.25. The van der Waals surface area contributed by atoms with Gasteiger partial charge in [0, 0.05) is 18.0 Å². The number of anilines is 1. The second-order valence-corrected chi connectivity index (χ2v) is 7.22. The topological polar surface area (TPSA) is 42.2 Å². The van der Waals surface area contributed by atoms with Crippen LogP contribution in [0.4, 0.5) is 10.2 Å². The summed E-state index contributed by atoms with van der Waals surface area (Å²) in [5.41, 5.74) is 3.07. The third-order valence-electron chi connectivity index (χ3n) is 5.34. The lowest BCUT2D eigenvalue weighted by molar-refractivity contribution is 0.481. The molecule has 4 nitrogen and oxygen atoms in total. The molecule has 4 aromatic rings. The summed E-state index contributed by atoms with van der Waals surface area (Å²) < 4.78 is 19.6. The van der Waals surface area contributed by atoms with Crippen LogP contribution in [0.2, 0.25) is 0 Å². The number of halogens is 1. The first kappa shape index (κ1) is 16.2. The largest absolute Gasteiger partial charge is 0.454 e. The number of aromatic nitrogens is 2. The van der Waals surface area contributed by atoms with Crippen molar-refractivity contribution in [3.05, 3.63) is 54.3 Å². The summed E-state index contributed by atoms with van der Waals surface area (Å²) in [5, 5.41) is 0.734. The summed E-state index contributed by atoms with van der Waals surface area (Å²) in [6.45, 7) is 3.18. The number of nitrogens with zero attached hydrogens (tertiary/aromatic N) is 3. The molecule has 0 aliphatic carbocycles. The Hall–Kier alpha value is -2.95. The standard InChI is InChI=1S/C22H20FN3O/c1-14-6-4-5-11-26(14)22-21(24-17-7-2-3-8-18(17)25-22)20-13-15-12-16(23)9-10-19(15)27-20/h2-3,7-10,12-14H,4-6,11H2,1H3. The number of para-hydroxylation sites is 2. The highest BCUT2D eigenvalue weighted by Crippen LogP contribution is 2.36. The molecule has 0 amide bonds. The molecule has 5 rings (SSSR count). The van der Waals surface area contributed by atoms with Crippen LogP contribution in [-0.2, 0) is 0 Å². The second-order valence-electron chi connectivity index (χ2n) is 7.22. The zero-order valence-corrected chi connectivity index (χ0v) is 15.2. The van der Waals surface area contributed by atoms with Crippen molar-refractivity contribution in [2.45, 2.75) is 32.2 Å². The molecule has 1 fully saturated rings. The molecule has 1 unspecified atom stereocenters. The molecular weight excluding hydrogens is 341 g/mol. The van der Waals surface area contributed by atoms with E-state index in [4.69, 9.17) is 14.4 Å². The molecule has 0 saturated carbocycles. The number of hydrogen-bond donors (Lipinski definition) is 0. The van der Waals surface area contributed by atoms with Crippen molar-refractivity contribution in [2.24, 2.45) is 0 Å². The predicted molar refractivity (Wildman–Crippen MR) is 105 cm³/mol. The Labute approximate surface area is 156 Å². The summed E-state index contributed by atoms with van der Waals surface area (Å²) >= 11 is 0. The van der Waals surface area contributed by atoms with Gasteiger partial charge >= 0.3 is 0 Å². The van der Waals surface area contributed by atoms with E-state index in [1.54, 1.807) is 6.07 Å². The van der Waals surface area contributed by atoms with Gasteiger partial charge in [-0.3, -0.25) is 0 Å². The van der Waals surface area contributed by atoms with Gasteiger partial charge in [-0.2, -0.15) is 0 Å². The molecule has 2 aromatic heterocycles. The summed E-state index contributed by atoms with van der Waals surface area (Å²) in [5.74, 6) is 1.20. The Kier molecular flexibility index (Phi) is 3.81. The number of hydrogen-bond acceptors (Lipinski definition) is 4. The van der Waals surface area contributed by atoms with Gasteiger partial charge in [0.1, 0.15) is 17.1 Å². The molecule has 0 spiro atoms. The minimum absolute atomic E-state index is 0.274. The van der Waals surface area contributed by atoms with Crippen LogP contribution in [0.5, 0.6) is 0 Å². The maximum atomic E-state index is 13.6. The van der Waals surface area contributed by atoms with E-state index in [-0.39, 0.29) is 5.82 Å². The zero-order chi connectivity index (χ0) is 18.4. The minimum atomic E-state index is -0.274. The van der Waals surface area contributed by atoms with E-state index < -0.39 is 0 Å². The van der Waals surface area contributed by atoms with Gasteiger partial charge in [-0.15, -0.1) is 0 Å². The van der Waals surface area contributed by atoms with E-state index in [1.807, 2.05) is 30.3 Å². The average molecular weight is 361 g/mol. The average Bonchev–Trinajstić information content (AvgIpc) is 3.10. The van der Waals surface area contributed by atoms with Crippen LogP contribution < -0.4 is 4.90 Å². The molecule has 5 heteroatoms. The van der Waals surface area contributed by atoms with Crippen molar-refractivity contribution in [2.75, 3.05) is 11.4 Å². The normalized spacial score (nSPS) is 17.7. The van der Waals surface area contributed by atoms with Crippen molar-refractivity contribution in [3.63, 3.8) is 0 Å². The Balaban J connectivity index is 1.74. The van der Waals surface area contributed by atoms with Crippen molar-refractivity contribution in [1.82, 2.24) is 9.97 Å². The summed E-state index contributed by atoms with van der Waals surface area (Å²) in [4.78, 5) is 12.1. The molecule has 1 aliphatic heterocycles. The quantitative estimate of drug-likeness (QED) is 0.469. The van der Waals surface area contributed by atoms with Gasteiger partial charge in [0.05, 0.1) is 11.0 Å². The first-order chi connectivity index (χ1) is 13.2. The maximum Gasteiger partial charge on any atom is 0.159 e. The smallest absolute Gasteiger partial charge is 0.159 e. The van der Waals surface area contributed by atoms with E-state index in [2.05, 4.69) is 11.8 Å². The molecule has 1 saturated heterocycles. The minimum Gasteiger partial charge on any atom is -0.454 e. The number of fused-ring (bicyclic) bond motifs is 2. The molecule has 0 N–H and O–H groups in total. The first-order valence-corrected chi connectivity index (χ1v) is 9.42. The number of rotatable bonds is 2. The van der Waals surface area contributed by atoms with Crippen LogP contribution in [0, 0.1) is 5.82 Å². The molecule has 136 valence electrons. The molecule has 1 aliphatic rings. The lowest BCUT2D eigenvalue weighted by Gasteiger charge is -2.35. The summed E-state index contributed by atoms with van der Waals surface area (Å²) in [6.07, 6.45) is 3.51. The van der Waals surface area contributed by atoms with Gasteiger partial charge in [-0.1, -0.05) is 12.1 Å². The van der Waals surface area contributed by atoms with Crippen LogP contribution in [0.3, 0.4) is 0 Å². The van der Waals surface area contributed by atoms with Crippen molar-refractivity contribution in [3.8, 4) is 11.5 Å². The zero-order valence-electron chi connectivity index (χ0n) is 15.2. The number of piperidine rings is 1. The van der Waals surface area contributed by atoms with Gasteiger partial charge in [0.15, 0.2) is 11.6 Å². The molecule has 0 bridgehead atoms. The van der Waals surface area contributed by atoms with E-state index in [0.29, 0.717) is 17.4 Å². The van der Waals surface area contributed by atoms with Gasteiger partial charge in [-0.05, 0) is 62.6 Å². The van der Waals surface area contributed by atoms with Gasteiger partial charge in [-0.25, -0.2) is 14.4 Å². The molecule has 0 radical (unpaired) electrons. The lowest BCUT2D eigenvalue weighted by atomic mass is 10.0. The van der Waals surface area contributed by atoms with Gasteiger partial charge < -0.3 is 9.32 Å². The van der Waals surface area contributed by atoms with Crippen LogP contribution in [0.25, 0.3) is 33.5 Å². The van der Waals surface area contributed by atoms with Crippen LogP contribution >= 0.6 is 0 Å². The van der Waals surface area contributed by atoms with Crippen molar-refractivity contribution < 1.29 is 8.81 Å². The monoisotopic (exact) mass is 361 g/mol. The van der Waals surface area contributed by atoms with Crippen LogP contribution in [-0.4, -0.2) is 22.6 Å². The molecule has 3 heterocycles. The number of furan rings is 1. The fourth-order valence-corrected chi connectivity index (χ4v) is 3.90. The Morgan fingerprint density at radius 3 is 2.67 bits per heavy atom.